The SMILES string of the molecule is O=C(CCCCBr)NCC1COc2ccccc2O1. The zero-order valence-electron chi connectivity index (χ0n) is 10.7. The standard InChI is InChI=1S/C14H18BrNO3/c15-8-4-3-7-14(17)16-9-11-10-18-12-5-1-2-6-13(12)19-11/h1-2,5-6,11H,3-4,7-10H2,(H,16,17). The molecule has 4 nitrogen and oxygen atoms in total. The zero-order chi connectivity index (χ0) is 13.5. The molecule has 2 rings (SSSR count). The van der Waals surface area contributed by atoms with E-state index in [1.54, 1.807) is 0 Å². The number of nitrogens with one attached hydrogen (secondary N) is 1. The summed E-state index contributed by atoms with van der Waals surface area (Å²) in [7, 11) is 0. The van der Waals surface area contributed by atoms with Gasteiger partial charge in [0.1, 0.15) is 12.7 Å². The van der Waals surface area contributed by atoms with Gasteiger partial charge in [-0.1, -0.05) is 28.1 Å². The number of rotatable bonds is 6. The molecule has 1 heterocycles. The number of ether oxygens (including phenoxy) is 2. The van der Waals surface area contributed by atoms with Gasteiger partial charge >= 0.3 is 0 Å². The topological polar surface area (TPSA) is 47.6 Å². The van der Waals surface area contributed by atoms with E-state index >= 15 is 0 Å². The number of hydrogen-bond acceptors (Lipinski definition) is 3. The highest BCUT2D eigenvalue weighted by molar-refractivity contribution is 9.09. The van der Waals surface area contributed by atoms with Crippen LogP contribution in [0.25, 0.3) is 0 Å². The lowest BCUT2D eigenvalue weighted by Crippen LogP contribution is -2.40. The fourth-order valence-electron chi connectivity index (χ4n) is 1.86. The Morgan fingerprint density at radius 2 is 2.11 bits per heavy atom. The summed E-state index contributed by atoms with van der Waals surface area (Å²) in [6.45, 7) is 0.959. The number of carbonyl (C=O) groups excluding carboxylic acids is 1. The Morgan fingerprint density at radius 1 is 1.32 bits per heavy atom. The molecule has 19 heavy (non-hydrogen) atoms. The molecule has 1 aliphatic heterocycles. The molecule has 1 amide bonds. The summed E-state index contributed by atoms with van der Waals surface area (Å²) in [4.78, 5) is 11.6. The van der Waals surface area contributed by atoms with Crippen molar-refractivity contribution in [1.82, 2.24) is 5.32 Å². The number of carbonyl (C=O) groups is 1. The molecule has 1 atom stereocenters. The normalized spacial score (nSPS) is 17.0. The predicted octanol–water partition coefficient (Wildman–Crippen LogP) is 2.51. The van der Waals surface area contributed by atoms with E-state index in [4.69, 9.17) is 9.47 Å². The summed E-state index contributed by atoms with van der Waals surface area (Å²) in [6.07, 6.45) is 2.37. The maximum absolute atomic E-state index is 11.6. The molecule has 0 fully saturated rings. The van der Waals surface area contributed by atoms with Crippen molar-refractivity contribution >= 4 is 21.8 Å². The minimum absolute atomic E-state index is 0.0726. The van der Waals surface area contributed by atoms with Gasteiger partial charge < -0.3 is 14.8 Å². The van der Waals surface area contributed by atoms with Crippen LogP contribution in [-0.4, -0.2) is 30.5 Å². The quantitative estimate of drug-likeness (QED) is 0.645. The number of unbranched alkanes of at least 4 members (excludes halogenated alkanes) is 1. The third-order valence-corrected chi connectivity index (χ3v) is 3.44. The third kappa shape index (κ3) is 4.42. The number of halogens is 1. The number of benzene rings is 1. The number of amides is 1. The highest BCUT2D eigenvalue weighted by atomic mass is 79.9. The third-order valence-electron chi connectivity index (χ3n) is 2.88. The van der Waals surface area contributed by atoms with E-state index in [2.05, 4.69) is 21.2 Å². The van der Waals surface area contributed by atoms with Crippen LogP contribution in [0.3, 0.4) is 0 Å². The Bertz CT molecular complexity index is 425. The van der Waals surface area contributed by atoms with Crippen molar-refractivity contribution in [1.29, 1.82) is 0 Å². The molecule has 1 aromatic rings. The molecule has 0 aliphatic carbocycles. The molecule has 104 valence electrons. The van der Waals surface area contributed by atoms with Crippen molar-refractivity contribution in [2.75, 3.05) is 18.5 Å². The van der Waals surface area contributed by atoms with E-state index in [1.165, 1.54) is 0 Å². The van der Waals surface area contributed by atoms with Gasteiger partial charge in [0.2, 0.25) is 5.91 Å². The smallest absolute Gasteiger partial charge is 0.220 e. The highest BCUT2D eigenvalue weighted by Gasteiger charge is 2.20. The second-order valence-corrected chi connectivity index (χ2v) is 5.24. The summed E-state index contributed by atoms with van der Waals surface area (Å²) in [5.74, 6) is 1.58. The summed E-state index contributed by atoms with van der Waals surface area (Å²) in [6, 6.07) is 7.57. The van der Waals surface area contributed by atoms with Gasteiger partial charge in [-0.3, -0.25) is 4.79 Å². The van der Waals surface area contributed by atoms with Gasteiger partial charge in [0.15, 0.2) is 11.5 Å². The monoisotopic (exact) mass is 327 g/mol. The van der Waals surface area contributed by atoms with Gasteiger partial charge in [0.05, 0.1) is 6.54 Å². The largest absolute Gasteiger partial charge is 0.486 e. The minimum Gasteiger partial charge on any atom is -0.486 e. The van der Waals surface area contributed by atoms with Crippen LogP contribution >= 0.6 is 15.9 Å². The maximum Gasteiger partial charge on any atom is 0.220 e. The minimum atomic E-state index is -0.116. The van der Waals surface area contributed by atoms with Gasteiger partial charge in [-0.2, -0.15) is 0 Å². The fraction of sp³-hybridized carbons (Fsp3) is 0.500. The molecule has 0 radical (unpaired) electrons. The van der Waals surface area contributed by atoms with Crippen molar-refractivity contribution in [3.05, 3.63) is 24.3 Å². The van der Waals surface area contributed by atoms with E-state index < -0.39 is 0 Å². The van der Waals surface area contributed by atoms with E-state index in [0.717, 1.165) is 29.7 Å². The lowest BCUT2D eigenvalue weighted by Gasteiger charge is -2.26. The molecule has 0 aromatic heterocycles. The first-order valence-electron chi connectivity index (χ1n) is 6.50. The van der Waals surface area contributed by atoms with E-state index in [1.807, 2.05) is 24.3 Å². The summed E-state index contributed by atoms with van der Waals surface area (Å²) in [5.41, 5.74) is 0. The Labute approximate surface area is 121 Å². The first-order valence-corrected chi connectivity index (χ1v) is 7.63. The van der Waals surface area contributed by atoms with Gasteiger partial charge in [0.25, 0.3) is 0 Å². The molecule has 1 unspecified atom stereocenters. The van der Waals surface area contributed by atoms with Crippen LogP contribution in [-0.2, 0) is 4.79 Å². The van der Waals surface area contributed by atoms with Crippen LogP contribution < -0.4 is 14.8 Å². The Balaban J connectivity index is 1.72. The average molecular weight is 328 g/mol. The van der Waals surface area contributed by atoms with Crippen molar-refractivity contribution < 1.29 is 14.3 Å². The molecular weight excluding hydrogens is 310 g/mol. The van der Waals surface area contributed by atoms with Crippen LogP contribution in [0.5, 0.6) is 11.5 Å². The number of para-hydroxylation sites is 2. The molecular formula is C14H18BrNO3. The first-order chi connectivity index (χ1) is 9.29. The van der Waals surface area contributed by atoms with Crippen molar-refractivity contribution in [2.24, 2.45) is 0 Å². The average Bonchev–Trinajstić information content (AvgIpc) is 2.45. The van der Waals surface area contributed by atoms with Gasteiger partial charge in [-0.15, -0.1) is 0 Å². The second-order valence-electron chi connectivity index (χ2n) is 4.45. The lowest BCUT2D eigenvalue weighted by atomic mass is 10.2. The number of fused-ring (bicyclic) bond motifs is 1. The van der Waals surface area contributed by atoms with E-state index in [0.29, 0.717) is 19.6 Å². The first kappa shape index (κ1) is 14.2. The van der Waals surface area contributed by atoms with Crippen LogP contribution in [0.2, 0.25) is 0 Å². The molecule has 0 spiro atoms. The summed E-state index contributed by atoms with van der Waals surface area (Å²) >= 11 is 3.35. The van der Waals surface area contributed by atoms with E-state index in [9.17, 15) is 4.79 Å². The molecule has 5 heteroatoms. The van der Waals surface area contributed by atoms with E-state index in [-0.39, 0.29) is 12.0 Å². The summed E-state index contributed by atoms with van der Waals surface area (Å²) < 4.78 is 11.3. The van der Waals surface area contributed by atoms with Crippen LogP contribution in [0.1, 0.15) is 19.3 Å². The number of alkyl halides is 1. The molecule has 1 aromatic carbocycles. The predicted molar refractivity (Wildman–Crippen MR) is 77.0 cm³/mol. The summed E-state index contributed by atoms with van der Waals surface area (Å²) in [5, 5.41) is 3.82. The molecule has 1 N–H and O–H groups in total. The van der Waals surface area contributed by atoms with Gasteiger partial charge in [-0.05, 0) is 25.0 Å². The van der Waals surface area contributed by atoms with Crippen molar-refractivity contribution in [2.45, 2.75) is 25.4 Å². The zero-order valence-corrected chi connectivity index (χ0v) is 12.3. The van der Waals surface area contributed by atoms with Crippen LogP contribution in [0.15, 0.2) is 24.3 Å². The number of hydrogen-bond donors (Lipinski definition) is 1. The molecule has 0 saturated heterocycles. The molecule has 0 bridgehead atoms. The Hall–Kier alpha value is -1.23. The highest BCUT2D eigenvalue weighted by Crippen LogP contribution is 2.30. The lowest BCUT2D eigenvalue weighted by molar-refractivity contribution is -0.121. The van der Waals surface area contributed by atoms with Gasteiger partial charge in [-0.25, -0.2) is 0 Å². The Morgan fingerprint density at radius 3 is 2.89 bits per heavy atom. The molecule has 0 saturated carbocycles. The van der Waals surface area contributed by atoms with Gasteiger partial charge in [0, 0.05) is 11.8 Å². The van der Waals surface area contributed by atoms with Crippen LogP contribution in [0, 0.1) is 0 Å². The van der Waals surface area contributed by atoms with Crippen molar-refractivity contribution in [3.8, 4) is 11.5 Å². The maximum atomic E-state index is 11.6. The van der Waals surface area contributed by atoms with Crippen molar-refractivity contribution in [3.63, 3.8) is 0 Å². The second kappa shape index (κ2) is 7.38. The Kier molecular flexibility index (Phi) is 5.51. The molecule has 1 aliphatic rings. The fourth-order valence-corrected chi connectivity index (χ4v) is 2.26. The van der Waals surface area contributed by atoms with Crippen LogP contribution in [0.4, 0.5) is 0 Å².